The first-order chi connectivity index (χ1) is 15.4. The number of hydrogen-bond donors (Lipinski definition) is 3. The lowest BCUT2D eigenvalue weighted by Gasteiger charge is -2.10. The molecule has 0 bridgehead atoms. The molecule has 0 fully saturated rings. The molecule has 0 unspecified atom stereocenters. The number of ether oxygens (including phenoxy) is 2. The lowest BCUT2D eigenvalue weighted by Crippen LogP contribution is -2.20. The average molecular weight is 433 g/mol. The highest BCUT2D eigenvalue weighted by Crippen LogP contribution is 2.18. The van der Waals surface area contributed by atoms with Crippen LogP contribution in [0, 0.1) is 6.92 Å². The van der Waals surface area contributed by atoms with Gasteiger partial charge in [-0.1, -0.05) is 6.07 Å². The lowest BCUT2D eigenvalue weighted by atomic mass is 10.1. The van der Waals surface area contributed by atoms with Crippen molar-refractivity contribution in [1.82, 2.24) is 0 Å². The summed E-state index contributed by atoms with van der Waals surface area (Å²) >= 11 is 0. The Morgan fingerprint density at radius 2 is 1.59 bits per heavy atom. The number of rotatable bonds is 8. The molecule has 0 aliphatic heterocycles. The normalized spacial score (nSPS) is 10.2. The summed E-state index contributed by atoms with van der Waals surface area (Å²) in [6, 6.07) is 18.3. The maximum atomic E-state index is 12.5. The minimum Gasteiger partial charge on any atom is -0.497 e. The standard InChI is InChI=1S/C24H23N3O5/c1-15-12-18(8-11-21(15)23(25)29)27-24(30)16-6-9-19(10-7-16)32-14-22(28)26-17-4-3-5-20(13-17)31-2/h3-13H,14H2,1-2H3,(H2,25,29)(H,26,28)(H,27,30). The third-order valence-electron chi connectivity index (χ3n) is 4.59. The van der Waals surface area contributed by atoms with Gasteiger partial charge in [-0.25, -0.2) is 0 Å². The van der Waals surface area contributed by atoms with Gasteiger partial charge in [0.05, 0.1) is 7.11 Å². The number of aryl methyl sites for hydroxylation is 1. The van der Waals surface area contributed by atoms with Crippen molar-refractivity contribution in [2.75, 3.05) is 24.4 Å². The summed E-state index contributed by atoms with van der Waals surface area (Å²) in [6.45, 7) is 1.56. The van der Waals surface area contributed by atoms with Gasteiger partial charge in [0.25, 0.3) is 11.8 Å². The Bertz CT molecular complexity index is 1140. The summed E-state index contributed by atoms with van der Waals surface area (Å²) < 4.78 is 10.6. The van der Waals surface area contributed by atoms with Crippen LogP contribution in [0.25, 0.3) is 0 Å². The van der Waals surface area contributed by atoms with Gasteiger partial charge < -0.3 is 25.8 Å². The second kappa shape index (κ2) is 10.1. The number of carbonyl (C=O) groups excluding carboxylic acids is 3. The number of nitrogens with one attached hydrogen (secondary N) is 2. The molecule has 0 radical (unpaired) electrons. The molecule has 32 heavy (non-hydrogen) atoms. The molecule has 0 aliphatic rings. The van der Waals surface area contributed by atoms with E-state index in [1.165, 1.54) is 0 Å². The maximum absolute atomic E-state index is 12.5. The SMILES string of the molecule is COc1cccc(NC(=O)COc2ccc(C(=O)Nc3ccc(C(N)=O)c(C)c3)cc2)c1. The van der Waals surface area contributed by atoms with Crippen LogP contribution in [0.4, 0.5) is 11.4 Å². The first kappa shape index (κ1) is 22.4. The van der Waals surface area contributed by atoms with Crippen LogP contribution < -0.4 is 25.8 Å². The molecular formula is C24H23N3O5. The van der Waals surface area contributed by atoms with E-state index in [2.05, 4.69) is 10.6 Å². The van der Waals surface area contributed by atoms with E-state index in [1.807, 2.05) is 0 Å². The van der Waals surface area contributed by atoms with Crippen molar-refractivity contribution in [1.29, 1.82) is 0 Å². The number of amides is 3. The number of nitrogens with two attached hydrogens (primary N) is 1. The van der Waals surface area contributed by atoms with Crippen molar-refractivity contribution in [3.8, 4) is 11.5 Å². The largest absolute Gasteiger partial charge is 0.497 e. The van der Waals surface area contributed by atoms with Crippen LogP contribution in [0.1, 0.15) is 26.3 Å². The van der Waals surface area contributed by atoms with Crippen molar-refractivity contribution < 1.29 is 23.9 Å². The van der Waals surface area contributed by atoms with Crippen molar-refractivity contribution in [3.05, 3.63) is 83.4 Å². The van der Waals surface area contributed by atoms with Gasteiger partial charge in [-0.15, -0.1) is 0 Å². The topological polar surface area (TPSA) is 120 Å². The molecule has 3 aromatic rings. The third-order valence-corrected chi connectivity index (χ3v) is 4.59. The highest BCUT2D eigenvalue weighted by molar-refractivity contribution is 6.04. The Labute approximate surface area is 185 Å². The zero-order valence-corrected chi connectivity index (χ0v) is 17.7. The predicted molar refractivity (Wildman–Crippen MR) is 121 cm³/mol. The zero-order valence-electron chi connectivity index (χ0n) is 17.7. The van der Waals surface area contributed by atoms with Crippen LogP contribution in [0.2, 0.25) is 0 Å². The number of methoxy groups -OCH3 is 1. The minimum absolute atomic E-state index is 0.186. The monoisotopic (exact) mass is 433 g/mol. The van der Waals surface area contributed by atoms with E-state index in [9.17, 15) is 14.4 Å². The van der Waals surface area contributed by atoms with Gasteiger partial charge in [-0.3, -0.25) is 14.4 Å². The van der Waals surface area contributed by atoms with Gasteiger partial charge in [0.2, 0.25) is 5.91 Å². The Morgan fingerprint density at radius 3 is 2.25 bits per heavy atom. The molecule has 0 spiro atoms. The molecular weight excluding hydrogens is 410 g/mol. The number of hydrogen-bond acceptors (Lipinski definition) is 5. The summed E-state index contributed by atoms with van der Waals surface area (Å²) in [5.41, 5.74) is 7.93. The molecule has 0 saturated carbocycles. The fourth-order valence-electron chi connectivity index (χ4n) is 2.97. The van der Waals surface area contributed by atoms with E-state index in [1.54, 1.807) is 80.8 Å². The summed E-state index contributed by atoms with van der Waals surface area (Å²) in [5.74, 6) is -0.0814. The number of benzene rings is 3. The summed E-state index contributed by atoms with van der Waals surface area (Å²) in [5, 5.41) is 5.49. The van der Waals surface area contributed by atoms with E-state index in [4.69, 9.17) is 15.2 Å². The molecule has 0 aromatic heterocycles. The van der Waals surface area contributed by atoms with E-state index >= 15 is 0 Å². The lowest BCUT2D eigenvalue weighted by molar-refractivity contribution is -0.118. The average Bonchev–Trinajstić information content (AvgIpc) is 2.78. The van der Waals surface area contributed by atoms with E-state index in [0.29, 0.717) is 39.6 Å². The molecule has 3 aromatic carbocycles. The molecule has 0 aliphatic carbocycles. The maximum Gasteiger partial charge on any atom is 0.262 e. The van der Waals surface area contributed by atoms with Gasteiger partial charge in [-0.2, -0.15) is 0 Å². The summed E-state index contributed by atoms with van der Waals surface area (Å²) in [7, 11) is 1.55. The Balaban J connectivity index is 1.54. The number of carbonyl (C=O) groups is 3. The molecule has 8 nitrogen and oxygen atoms in total. The van der Waals surface area contributed by atoms with Gasteiger partial charge >= 0.3 is 0 Å². The summed E-state index contributed by atoms with van der Waals surface area (Å²) in [6.07, 6.45) is 0. The molecule has 4 N–H and O–H groups in total. The van der Waals surface area contributed by atoms with Crippen LogP contribution in [0.5, 0.6) is 11.5 Å². The first-order valence-corrected chi connectivity index (χ1v) is 9.74. The van der Waals surface area contributed by atoms with E-state index in [0.717, 1.165) is 0 Å². The van der Waals surface area contributed by atoms with Crippen molar-refractivity contribution in [2.45, 2.75) is 6.92 Å². The van der Waals surface area contributed by atoms with Gasteiger partial charge in [-0.05, 0) is 67.1 Å². The van der Waals surface area contributed by atoms with E-state index in [-0.39, 0.29) is 18.4 Å². The van der Waals surface area contributed by atoms with E-state index < -0.39 is 5.91 Å². The molecule has 0 saturated heterocycles. The molecule has 3 amide bonds. The van der Waals surface area contributed by atoms with Gasteiger partial charge in [0, 0.05) is 28.6 Å². The molecule has 164 valence electrons. The van der Waals surface area contributed by atoms with Gasteiger partial charge in [0.1, 0.15) is 11.5 Å². The van der Waals surface area contributed by atoms with Crippen LogP contribution in [-0.2, 0) is 4.79 Å². The molecule has 0 atom stereocenters. The first-order valence-electron chi connectivity index (χ1n) is 9.74. The minimum atomic E-state index is -0.520. The third kappa shape index (κ3) is 5.85. The Kier molecular flexibility index (Phi) is 7.07. The smallest absolute Gasteiger partial charge is 0.262 e. The van der Waals surface area contributed by atoms with Crippen molar-refractivity contribution >= 4 is 29.1 Å². The van der Waals surface area contributed by atoms with Crippen LogP contribution in [0.3, 0.4) is 0 Å². The van der Waals surface area contributed by atoms with Crippen molar-refractivity contribution in [3.63, 3.8) is 0 Å². The molecule has 8 heteroatoms. The van der Waals surface area contributed by atoms with Crippen LogP contribution in [0.15, 0.2) is 66.7 Å². The summed E-state index contributed by atoms with van der Waals surface area (Å²) in [4.78, 5) is 35.9. The highest BCUT2D eigenvalue weighted by atomic mass is 16.5. The second-order valence-electron chi connectivity index (χ2n) is 6.94. The highest BCUT2D eigenvalue weighted by Gasteiger charge is 2.10. The Morgan fingerprint density at radius 1 is 0.875 bits per heavy atom. The number of anilines is 2. The predicted octanol–water partition coefficient (Wildman–Crippen LogP) is 3.37. The fraction of sp³-hybridized carbons (Fsp3) is 0.125. The molecule has 0 heterocycles. The second-order valence-corrected chi connectivity index (χ2v) is 6.94. The van der Waals surface area contributed by atoms with Crippen LogP contribution >= 0.6 is 0 Å². The number of primary amides is 1. The van der Waals surface area contributed by atoms with Crippen LogP contribution in [-0.4, -0.2) is 31.4 Å². The zero-order chi connectivity index (χ0) is 23.1. The van der Waals surface area contributed by atoms with Gasteiger partial charge in [0.15, 0.2) is 6.61 Å². The molecule has 3 rings (SSSR count). The Hall–Kier alpha value is -4.33. The fourth-order valence-corrected chi connectivity index (χ4v) is 2.97. The quantitative estimate of drug-likeness (QED) is 0.503. The van der Waals surface area contributed by atoms with Crippen molar-refractivity contribution in [2.24, 2.45) is 5.73 Å².